The van der Waals surface area contributed by atoms with Gasteiger partial charge < -0.3 is 15.2 Å². The molecule has 0 aliphatic heterocycles. The fraction of sp³-hybridized carbons (Fsp3) is 0.182. The maximum Gasteiger partial charge on any atom is 0.343 e. The quantitative estimate of drug-likeness (QED) is 0.444. The number of primary amides is 1. The summed E-state index contributed by atoms with van der Waals surface area (Å²) in [6, 6.07) is 14.1. The molecule has 0 aliphatic carbocycles. The van der Waals surface area contributed by atoms with Crippen molar-refractivity contribution in [3.8, 4) is 17.0 Å². The third-order valence-electron chi connectivity index (χ3n) is 4.67. The molecule has 0 aliphatic rings. The van der Waals surface area contributed by atoms with E-state index in [4.69, 9.17) is 15.2 Å². The van der Waals surface area contributed by atoms with E-state index >= 15 is 0 Å². The summed E-state index contributed by atoms with van der Waals surface area (Å²) < 4.78 is 10.9. The Hall–Kier alpha value is -3.59. The van der Waals surface area contributed by atoms with Gasteiger partial charge in [0.15, 0.2) is 6.04 Å². The summed E-state index contributed by atoms with van der Waals surface area (Å²) in [5.41, 5.74) is 6.01. The molecule has 0 saturated carbocycles. The van der Waals surface area contributed by atoms with E-state index in [1.54, 1.807) is 43.5 Å². The molecule has 0 spiro atoms. The zero-order chi connectivity index (χ0) is 22.5. The SMILES string of the molecule is COC(=O)c1cc(-c2ccc(OC)cc2)nn(C(C(N)=O)c2ccc(SC)cc2)c1=O. The molecule has 31 heavy (non-hydrogen) atoms. The summed E-state index contributed by atoms with van der Waals surface area (Å²) in [5, 5.41) is 4.37. The molecule has 2 N–H and O–H groups in total. The topological polar surface area (TPSA) is 114 Å². The van der Waals surface area contributed by atoms with Crippen molar-refractivity contribution >= 4 is 23.6 Å². The standard InChI is InChI=1S/C22H21N3O5S/c1-29-15-8-4-13(5-9-15)18-12-17(22(28)30-2)21(27)25(24-18)19(20(23)26)14-6-10-16(31-3)11-7-14/h4-12,19H,1-3H3,(H2,23,26). The summed E-state index contributed by atoms with van der Waals surface area (Å²) in [6.07, 6.45) is 1.92. The Morgan fingerprint density at radius 3 is 2.23 bits per heavy atom. The van der Waals surface area contributed by atoms with Crippen LogP contribution in [0, 0.1) is 0 Å². The molecule has 1 amide bonds. The van der Waals surface area contributed by atoms with Crippen LogP contribution in [0.2, 0.25) is 0 Å². The molecule has 8 nitrogen and oxygen atoms in total. The summed E-state index contributed by atoms with van der Waals surface area (Å²) in [6.45, 7) is 0. The van der Waals surface area contributed by atoms with Crippen molar-refractivity contribution in [3.05, 3.63) is 76.1 Å². The molecular weight excluding hydrogens is 418 g/mol. The fourth-order valence-corrected chi connectivity index (χ4v) is 3.47. The molecule has 1 heterocycles. The van der Waals surface area contributed by atoms with Crippen molar-refractivity contribution in [2.45, 2.75) is 10.9 Å². The number of hydrogen-bond acceptors (Lipinski definition) is 7. The maximum atomic E-state index is 13.1. The minimum atomic E-state index is -1.20. The Morgan fingerprint density at radius 1 is 1.06 bits per heavy atom. The Balaban J connectivity index is 2.23. The number of nitrogens with zero attached hydrogens (tertiary/aromatic N) is 2. The van der Waals surface area contributed by atoms with Crippen LogP contribution in [-0.4, -0.2) is 42.1 Å². The highest BCUT2D eigenvalue weighted by molar-refractivity contribution is 7.98. The van der Waals surface area contributed by atoms with Gasteiger partial charge in [-0.05, 0) is 54.3 Å². The summed E-state index contributed by atoms with van der Waals surface area (Å²) in [5.74, 6) is -0.986. The van der Waals surface area contributed by atoms with Crippen LogP contribution < -0.4 is 16.0 Å². The maximum absolute atomic E-state index is 13.1. The van der Waals surface area contributed by atoms with Gasteiger partial charge in [-0.15, -0.1) is 11.8 Å². The van der Waals surface area contributed by atoms with Gasteiger partial charge in [0.05, 0.1) is 19.9 Å². The highest BCUT2D eigenvalue weighted by Gasteiger charge is 2.26. The number of carbonyl (C=O) groups is 2. The Bertz CT molecular complexity index is 1160. The second-order valence-electron chi connectivity index (χ2n) is 6.49. The highest BCUT2D eigenvalue weighted by atomic mass is 32.2. The van der Waals surface area contributed by atoms with Crippen molar-refractivity contribution in [1.29, 1.82) is 0 Å². The lowest BCUT2D eigenvalue weighted by Crippen LogP contribution is -2.38. The molecule has 3 aromatic rings. The molecule has 0 bridgehead atoms. The number of methoxy groups -OCH3 is 2. The van der Waals surface area contributed by atoms with E-state index in [0.717, 1.165) is 9.58 Å². The van der Waals surface area contributed by atoms with E-state index in [1.165, 1.54) is 24.9 Å². The van der Waals surface area contributed by atoms with Gasteiger partial charge in [0.1, 0.15) is 11.3 Å². The number of nitrogens with two attached hydrogens (primary N) is 1. The zero-order valence-corrected chi connectivity index (χ0v) is 18.0. The number of amides is 1. The van der Waals surface area contributed by atoms with Crippen LogP contribution in [-0.2, 0) is 9.53 Å². The van der Waals surface area contributed by atoms with Gasteiger partial charge in [-0.25, -0.2) is 9.48 Å². The number of benzene rings is 2. The van der Waals surface area contributed by atoms with Gasteiger partial charge in [-0.1, -0.05) is 12.1 Å². The second-order valence-corrected chi connectivity index (χ2v) is 7.37. The van der Waals surface area contributed by atoms with Crippen molar-refractivity contribution in [2.75, 3.05) is 20.5 Å². The first-order chi connectivity index (χ1) is 14.9. The Kier molecular flexibility index (Phi) is 6.76. The smallest absolute Gasteiger partial charge is 0.343 e. The first-order valence-corrected chi connectivity index (χ1v) is 10.4. The molecule has 160 valence electrons. The first kappa shape index (κ1) is 22.1. The van der Waals surface area contributed by atoms with Gasteiger partial charge in [-0.3, -0.25) is 9.59 Å². The third kappa shape index (κ3) is 4.61. The predicted molar refractivity (Wildman–Crippen MR) is 117 cm³/mol. The molecule has 0 saturated heterocycles. The van der Waals surface area contributed by atoms with E-state index in [9.17, 15) is 14.4 Å². The molecule has 3 rings (SSSR count). The lowest BCUT2D eigenvalue weighted by atomic mass is 10.1. The molecule has 0 radical (unpaired) electrons. The first-order valence-electron chi connectivity index (χ1n) is 9.19. The minimum Gasteiger partial charge on any atom is -0.497 e. The van der Waals surface area contributed by atoms with Gasteiger partial charge >= 0.3 is 5.97 Å². The van der Waals surface area contributed by atoms with Gasteiger partial charge in [0.25, 0.3) is 5.56 Å². The molecule has 9 heteroatoms. The molecule has 0 fully saturated rings. The predicted octanol–water partition coefficient (Wildman–Crippen LogP) is 2.50. The molecule has 2 aromatic carbocycles. The van der Waals surface area contributed by atoms with Crippen LogP contribution in [0.5, 0.6) is 5.75 Å². The van der Waals surface area contributed by atoms with Crippen molar-refractivity contribution in [1.82, 2.24) is 9.78 Å². The second kappa shape index (κ2) is 9.48. The largest absolute Gasteiger partial charge is 0.497 e. The Morgan fingerprint density at radius 2 is 1.71 bits per heavy atom. The summed E-state index contributed by atoms with van der Waals surface area (Å²) in [7, 11) is 2.72. The van der Waals surface area contributed by atoms with Gasteiger partial charge in [0.2, 0.25) is 5.91 Å². The van der Waals surface area contributed by atoms with E-state index in [2.05, 4.69) is 5.10 Å². The molecule has 1 unspecified atom stereocenters. The monoisotopic (exact) mass is 439 g/mol. The number of aromatic nitrogens is 2. The summed E-state index contributed by atoms with van der Waals surface area (Å²) >= 11 is 1.54. The van der Waals surface area contributed by atoms with Crippen molar-refractivity contribution in [3.63, 3.8) is 0 Å². The number of ether oxygens (including phenoxy) is 2. The minimum absolute atomic E-state index is 0.254. The van der Waals surface area contributed by atoms with E-state index in [-0.39, 0.29) is 5.56 Å². The van der Waals surface area contributed by atoms with Crippen molar-refractivity contribution in [2.24, 2.45) is 5.73 Å². The number of thioether (sulfide) groups is 1. The van der Waals surface area contributed by atoms with Crippen LogP contribution in [0.1, 0.15) is 22.0 Å². The van der Waals surface area contributed by atoms with E-state index < -0.39 is 23.5 Å². The fourth-order valence-electron chi connectivity index (χ4n) is 3.06. The van der Waals surface area contributed by atoms with E-state index in [1.807, 2.05) is 18.4 Å². The average molecular weight is 439 g/mol. The van der Waals surface area contributed by atoms with Crippen LogP contribution in [0.4, 0.5) is 0 Å². The van der Waals surface area contributed by atoms with Crippen LogP contribution in [0.25, 0.3) is 11.3 Å². The average Bonchev–Trinajstić information content (AvgIpc) is 2.80. The number of carbonyl (C=O) groups excluding carboxylic acids is 2. The molecule has 1 aromatic heterocycles. The van der Waals surface area contributed by atoms with Gasteiger partial charge in [0, 0.05) is 10.5 Å². The summed E-state index contributed by atoms with van der Waals surface area (Å²) in [4.78, 5) is 38.7. The van der Waals surface area contributed by atoms with Crippen LogP contribution in [0.3, 0.4) is 0 Å². The number of rotatable bonds is 7. The number of esters is 1. The van der Waals surface area contributed by atoms with Gasteiger partial charge in [-0.2, -0.15) is 5.10 Å². The third-order valence-corrected chi connectivity index (χ3v) is 5.42. The zero-order valence-electron chi connectivity index (χ0n) is 17.2. The lowest BCUT2D eigenvalue weighted by molar-refractivity contribution is -0.120. The molecule has 1 atom stereocenters. The Labute approximate surface area is 183 Å². The van der Waals surface area contributed by atoms with E-state index in [0.29, 0.717) is 22.6 Å². The lowest BCUT2D eigenvalue weighted by Gasteiger charge is -2.18. The van der Waals surface area contributed by atoms with Crippen LogP contribution in [0.15, 0.2) is 64.3 Å². The number of hydrogen-bond donors (Lipinski definition) is 1. The molecular formula is C22H21N3O5S. The van der Waals surface area contributed by atoms with Crippen LogP contribution >= 0.6 is 11.8 Å². The normalized spacial score (nSPS) is 11.6. The van der Waals surface area contributed by atoms with Crippen molar-refractivity contribution < 1.29 is 19.1 Å². The highest BCUT2D eigenvalue weighted by Crippen LogP contribution is 2.24.